The maximum atomic E-state index is 12.2. The first-order valence-corrected chi connectivity index (χ1v) is 9.84. The zero-order valence-electron chi connectivity index (χ0n) is 14.3. The second-order valence-corrected chi connectivity index (χ2v) is 7.50. The topological polar surface area (TPSA) is 59.9 Å². The summed E-state index contributed by atoms with van der Waals surface area (Å²) in [5.41, 5.74) is 1.70. The van der Waals surface area contributed by atoms with E-state index in [1.807, 2.05) is 55.5 Å². The van der Waals surface area contributed by atoms with E-state index in [-0.39, 0.29) is 5.91 Å². The fourth-order valence-electron chi connectivity index (χ4n) is 2.29. The number of thioether (sulfide) groups is 1. The Labute approximate surface area is 170 Å². The van der Waals surface area contributed by atoms with Gasteiger partial charge in [0.2, 0.25) is 0 Å². The summed E-state index contributed by atoms with van der Waals surface area (Å²) in [5, 5.41) is 3.36. The quantitative estimate of drug-likeness (QED) is 0.503. The van der Waals surface area contributed by atoms with Gasteiger partial charge in [0.05, 0.1) is 27.9 Å². The maximum absolute atomic E-state index is 12.2. The highest BCUT2D eigenvalue weighted by molar-refractivity contribution is 14.1. The van der Waals surface area contributed by atoms with Gasteiger partial charge in [-0.3, -0.25) is 4.79 Å². The van der Waals surface area contributed by atoms with E-state index in [2.05, 4.69) is 32.9 Å². The minimum absolute atomic E-state index is 0.147. The van der Waals surface area contributed by atoms with E-state index in [1.54, 1.807) is 7.11 Å². The SMILES string of the molecule is CCOc1ccc(/C=C2\SC(=Nc3ccc(OC)cc3)NC2=O)cc1I. The molecule has 2 aromatic carbocycles. The third kappa shape index (κ3) is 4.59. The molecule has 3 rings (SSSR count). The molecular weight excluding hydrogens is 463 g/mol. The van der Waals surface area contributed by atoms with Gasteiger partial charge in [0, 0.05) is 0 Å². The van der Waals surface area contributed by atoms with Crippen LogP contribution in [0.25, 0.3) is 6.08 Å². The Hall–Kier alpha value is -2.00. The summed E-state index contributed by atoms with van der Waals surface area (Å²) in [7, 11) is 1.62. The number of methoxy groups -OCH3 is 1. The fraction of sp³-hybridized carbons (Fsp3) is 0.158. The molecule has 0 aromatic heterocycles. The molecule has 5 nitrogen and oxygen atoms in total. The summed E-state index contributed by atoms with van der Waals surface area (Å²) >= 11 is 3.55. The Balaban J connectivity index is 1.77. The smallest absolute Gasteiger partial charge is 0.264 e. The monoisotopic (exact) mass is 480 g/mol. The molecule has 0 atom stereocenters. The Morgan fingerprint density at radius 2 is 2.00 bits per heavy atom. The lowest BCUT2D eigenvalue weighted by atomic mass is 10.2. The van der Waals surface area contributed by atoms with Gasteiger partial charge in [0.25, 0.3) is 5.91 Å². The Morgan fingerprint density at radius 1 is 1.23 bits per heavy atom. The van der Waals surface area contributed by atoms with Crippen LogP contribution in [0.15, 0.2) is 52.4 Å². The van der Waals surface area contributed by atoms with Crippen molar-refractivity contribution < 1.29 is 14.3 Å². The summed E-state index contributed by atoms with van der Waals surface area (Å²) in [5.74, 6) is 1.47. The van der Waals surface area contributed by atoms with Crippen molar-refractivity contribution in [3.63, 3.8) is 0 Å². The van der Waals surface area contributed by atoms with Gasteiger partial charge in [-0.15, -0.1) is 0 Å². The van der Waals surface area contributed by atoms with Crippen LogP contribution in [0.4, 0.5) is 5.69 Å². The molecule has 1 fully saturated rings. The molecule has 0 aliphatic carbocycles. The van der Waals surface area contributed by atoms with E-state index in [0.29, 0.717) is 16.7 Å². The van der Waals surface area contributed by atoms with Crippen molar-refractivity contribution in [3.8, 4) is 11.5 Å². The first-order chi connectivity index (χ1) is 12.6. The van der Waals surface area contributed by atoms with Gasteiger partial charge in [-0.1, -0.05) is 6.07 Å². The molecule has 26 heavy (non-hydrogen) atoms. The predicted octanol–water partition coefficient (Wildman–Crippen LogP) is 4.59. The second kappa shape index (κ2) is 8.59. The number of hydrogen-bond acceptors (Lipinski definition) is 5. The number of nitrogens with zero attached hydrogens (tertiary/aromatic N) is 1. The van der Waals surface area contributed by atoms with Crippen molar-refractivity contribution >= 4 is 57.2 Å². The second-order valence-electron chi connectivity index (χ2n) is 5.30. The van der Waals surface area contributed by atoms with Crippen LogP contribution in [0.2, 0.25) is 0 Å². The molecule has 0 saturated carbocycles. The van der Waals surface area contributed by atoms with Gasteiger partial charge in [-0.2, -0.15) is 0 Å². The van der Waals surface area contributed by atoms with Crippen molar-refractivity contribution in [1.82, 2.24) is 5.32 Å². The van der Waals surface area contributed by atoms with Crippen LogP contribution in [-0.4, -0.2) is 24.8 Å². The standard InChI is InChI=1S/C19H17IN2O3S/c1-3-25-16-9-4-12(10-15(16)20)11-17-18(23)22-19(26-17)21-13-5-7-14(24-2)8-6-13/h4-11H,3H2,1-2H3,(H,21,22,23)/b17-11-. The first kappa shape index (κ1) is 18.8. The summed E-state index contributed by atoms with van der Waals surface area (Å²) < 4.78 is 11.7. The number of ether oxygens (including phenoxy) is 2. The van der Waals surface area contributed by atoms with Crippen molar-refractivity contribution in [2.45, 2.75) is 6.92 Å². The zero-order chi connectivity index (χ0) is 18.5. The van der Waals surface area contributed by atoms with Gasteiger partial charge in [-0.25, -0.2) is 4.99 Å². The molecule has 0 radical (unpaired) electrons. The number of rotatable bonds is 5. The molecule has 0 spiro atoms. The van der Waals surface area contributed by atoms with Gasteiger partial charge < -0.3 is 14.8 Å². The molecule has 1 N–H and O–H groups in total. The fourth-order valence-corrected chi connectivity index (χ4v) is 3.82. The normalized spacial score (nSPS) is 16.8. The molecule has 2 aromatic rings. The highest BCUT2D eigenvalue weighted by Crippen LogP contribution is 2.30. The van der Waals surface area contributed by atoms with Gasteiger partial charge >= 0.3 is 0 Å². The van der Waals surface area contributed by atoms with Crippen molar-refractivity contribution in [2.75, 3.05) is 13.7 Å². The number of amidine groups is 1. The molecule has 0 bridgehead atoms. The molecule has 0 unspecified atom stereocenters. The van der Waals surface area contributed by atoms with E-state index < -0.39 is 0 Å². The maximum Gasteiger partial charge on any atom is 0.264 e. The number of carbonyl (C=O) groups is 1. The first-order valence-electron chi connectivity index (χ1n) is 7.95. The summed E-state index contributed by atoms with van der Waals surface area (Å²) in [4.78, 5) is 17.3. The largest absolute Gasteiger partial charge is 0.497 e. The minimum atomic E-state index is -0.147. The number of halogens is 1. The number of hydrogen-bond donors (Lipinski definition) is 1. The molecule has 1 aliphatic heterocycles. The van der Waals surface area contributed by atoms with Gasteiger partial charge in [0.1, 0.15) is 11.5 Å². The molecule has 1 saturated heterocycles. The van der Waals surface area contributed by atoms with Crippen LogP contribution >= 0.6 is 34.4 Å². The number of amides is 1. The van der Waals surface area contributed by atoms with Crippen LogP contribution in [0.5, 0.6) is 11.5 Å². The Kier molecular flexibility index (Phi) is 6.20. The third-order valence-electron chi connectivity index (χ3n) is 3.51. The predicted molar refractivity (Wildman–Crippen MR) is 114 cm³/mol. The van der Waals surface area contributed by atoms with Crippen molar-refractivity contribution in [3.05, 3.63) is 56.5 Å². The van der Waals surface area contributed by atoms with E-state index in [0.717, 1.165) is 26.3 Å². The lowest BCUT2D eigenvalue weighted by molar-refractivity contribution is -0.115. The summed E-state index contributed by atoms with van der Waals surface area (Å²) in [6.07, 6.45) is 1.86. The highest BCUT2D eigenvalue weighted by atomic mass is 127. The highest BCUT2D eigenvalue weighted by Gasteiger charge is 2.23. The molecule has 134 valence electrons. The Bertz CT molecular complexity index is 879. The van der Waals surface area contributed by atoms with Crippen molar-refractivity contribution in [2.24, 2.45) is 4.99 Å². The third-order valence-corrected chi connectivity index (χ3v) is 5.26. The molecule has 1 aliphatic rings. The van der Waals surface area contributed by atoms with Crippen molar-refractivity contribution in [1.29, 1.82) is 0 Å². The van der Waals surface area contributed by atoms with E-state index >= 15 is 0 Å². The number of aliphatic imine (C=N–C) groups is 1. The van der Waals surface area contributed by atoms with E-state index in [1.165, 1.54) is 11.8 Å². The number of benzene rings is 2. The average molecular weight is 480 g/mol. The molecule has 1 amide bonds. The molecule has 1 heterocycles. The summed E-state index contributed by atoms with van der Waals surface area (Å²) in [6.45, 7) is 2.58. The van der Waals surface area contributed by atoms with E-state index in [4.69, 9.17) is 9.47 Å². The minimum Gasteiger partial charge on any atom is -0.497 e. The van der Waals surface area contributed by atoms with Crippen LogP contribution in [-0.2, 0) is 4.79 Å². The average Bonchev–Trinajstić information content (AvgIpc) is 2.97. The van der Waals surface area contributed by atoms with Gasteiger partial charge in [-0.05, 0) is 89.3 Å². The lowest BCUT2D eigenvalue weighted by Crippen LogP contribution is -2.19. The number of carbonyl (C=O) groups excluding carboxylic acids is 1. The Morgan fingerprint density at radius 3 is 2.65 bits per heavy atom. The molecule has 7 heteroatoms. The van der Waals surface area contributed by atoms with Crippen LogP contribution in [0.3, 0.4) is 0 Å². The van der Waals surface area contributed by atoms with Crippen LogP contribution < -0.4 is 14.8 Å². The molecular formula is C19H17IN2O3S. The summed E-state index contributed by atoms with van der Waals surface area (Å²) in [6, 6.07) is 13.2. The van der Waals surface area contributed by atoms with Gasteiger partial charge in [0.15, 0.2) is 5.17 Å². The van der Waals surface area contributed by atoms with Crippen LogP contribution in [0.1, 0.15) is 12.5 Å². The van der Waals surface area contributed by atoms with Crippen LogP contribution in [0, 0.1) is 3.57 Å². The lowest BCUT2D eigenvalue weighted by Gasteiger charge is -2.06. The zero-order valence-corrected chi connectivity index (χ0v) is 17.3. The number of nitrogens with one attached hydrogen (secondary N) is 1. The van der Waals surface area contributed by atoms with E-state index in [9.17, 15) is 4.79 Å².